The van der Waals surface area contributed by atoms with Crippen molar-refractivity contribution in [2.24, 2.45) is 0 Å². The number of nitrogens with zero attached hydrogens (tertiary/aromatic N) is 1. The summed E-state index contributed by atoms with van der Waals surface area (Å²) in [5.74, 6) is -1.02. The van der Waals surface area contributed by atoms with Gasteiger partial charge in [-0.25, -0.2) is 9.18 Å². The van der Waals surface area contributed by atoms with Crippen molar-refractivity contribution in [3.8, 4) is 11.5 Å². The lowest BCUT2D eigenvalue weighted by Crippen LogP contribution is -2.17. The molecule has 0 bridgehead atoms. The number of carboxylic acid groups (broad SMARTS) is 1. The summed E-state index contributed by atoms with van der Waals surface area (Å²) in [7, 11) is 1.50. The second kappa shape index (κ2) is 9.68. The molecule has 0 radical (unpaired) electrons. The van der Waals surface area contributed by atoms with Crippen LogP contribution in [0.1, 0.15) is 53.2 Å². The average molecular weight is 436 g/mol. The minimum atomic E-state index is -1.00. The number of rotatable bonds is 8. The van der Waals surface area contributed by atoms with Crippen LogP contribution in [0, 0.1) is 5.82 Å². The summed E-state index contributed by atoms with van der Waals surface area (Å²) >= 11 is 0. The van der Waals surface area contributed by atoms with E-state index in [0.717, 1.165) is 31.2 Å². The van der Waals surface area contributed by atoms with Crippen LogP contribution in [-0.4, -0.2) is 29.3 Å². The van der Waals surface area contributed by atoms with E-state index in [1.807, 2.05) is 6.07 Å². The zero-order valence-electron chi connectivity index (χ0n) is 17.8. The van der Waals surface area contributed by atoms with Gasteiger partial charge in [-0.2, -0.15) is 0 Å². The normalized spacial score (nSPS) is 14.7. The number of carbonyl (C=O) groups is 1. The maximum atomic E-state index is 15.8. The Hall–Kier alpha value is -3.61. The Morgan fingerprint density at radius 3 is 2.53 bits per heavy atom. The molecule has 4 rings (SSSR count). The van der Waals surface area contributed by atoms with E-state index < -0.39 is 17.8 Å². The van der Waals surface area contributed by atoms with E-state index in [1.54, 1.807) is 42.7 Å². The van der Waals surface area contributed by atoms with Crippen LogP contribution < -0.4 is 14.8 Å². The number of hydrogen-bond donors (Lipinski definition) is 2. The Balaban J connectivity index is 1.73. The number of pyridine rings is 1. The Morgan fingerprint density at radius 2 is 1.91 bits per heavy atom. The summed E-state index contributed by atoms with van der Waals surface area (Å²) in [5, 5.41) is 12.5. The number of aromatic carboxylic acids is 1. The van der Waals surface area contributed by atoms with Crippen LogP contribution in [0.5, 0.6) is 11.5 Å². The molecule has 3 aromatic rings. The van der Waals surface area contributed by atoms with Gasteiger partial charge in [-0.1, -0.05) is 6.07 Å². The van der Waals surface area contributed by atoms with Gasteiger partial charge in [-0.15, -0.1) is 0 Å². The average Bonchev–Trinajstić information content (AvgIpc) is 3.33. The standard InChI is InChI=1S/C25H25FN2O4/c1-31-21-13-12-20(22(26)24(21)32-19-6-2-3-7-19)23(17-5-4-14-27-15-17)28-18-10-8-16(9-11-18)25(29)30/h4-5,8-15,19,23,28H,2-3,6-7H2,1H3,(H,29,30). The molecule has 1 aliphatic carbocycles. The molecule has 166 valence electrons. The van der Waals surface area contributed by atoms with Crippen molar-refractivity contribution in [2.45, 2.75) is 37.8 Å². The summed E-state index contributed by atoms with van der Waals surface area (Å²) in [6, 6.07) is 12.8. The molecule has 1 saturated carbocycles. The highest BCUT2D eigenvalue weighted by atomic mass is 19.1. The summed E-state index contributed by atoms with van der Waals surface area (Å²) in [6.45, 7) is 0. The van der Waals surface area contributed by atoms with Crippen LogP contribution in [0.3, 0.4) is 0 Å². The van der Waals surface area contributed by atoms with Gasteiger partial charge in [0.1, 0.15) is 0 Å². The molecule has 1 heterocycles. The van der Waals surface area contributed by atoms with Crippen LogP contribution in [-0.2, 0) is 0 Å². The van der Waals surface area contributed by atoms with E-state index in [4.69, 9.17) is 14.6 Å². The van der Waals surface area contributed by atoms with Crippen molar-refractivity contribution in [1.29, 1.82) is 0 Å². The molecule has 2 aromatic carbocycles. The highest BCUT2D eigenvalue weighted by molar-refractivity contribution is 5.88. The minimum Gasteiger partial charge on any atom is -0.493 e. The van der Waals surface area contributed by atoms with Crippen molar-refractivity contribution >= 4 is 11.7 Å². The molecule has 6 nitrogen and oxygen atoms in total. The van der Waals surface area contributed by atoms with Crippen molar-refractivity contribution in [2.75, 3.05) is 12.4 Å². The van der Waals surface area contributed by atoms with Crippen molar-refractivity contribution in [3.63, 3.8) is 0 Å². The highest BCUT2D eigenvalue weighted by Gasteiger charge is 2.26. The van der Waals surface area contributed by atoms with Gasteiger partial charge in [0, 0.05) is 23.6 Å². The van der Waals surface area contributed by atoms with E-state index >= 15 is 4.39 Å². The fraction of sp³-hybridized carbons (Fsp3) is 0.280. The molecule has 0 aliphatic heterocycles. The molecule has 1 aliphatic rings. The monoisotopic (exact) mass is 436 g/mol. The number of aromatic nitrogens is 1. The van der Waals surface area contributed by atoms with Gasteiger partial charge >= 0.3 is 5.97 Å². The first-order valence-electron chi connectivity index (χ1n) is 10.6. The predicted molar refractivity (Wildman–Crippen MR) is 119 cm³/mol. The van der Waals surface area contributed by atoms with Gasteiger partial charge in [-0.3, -0.25) is 4.98 Å². The van der Waals surface area contributed by atoms with Gasteiger partial charge < -0.3 is 19.9 Å². The second-order valence-corrected chi connectivity index (χ2v) is 7.77. The van der Waals surface area contributed by atoms with Gasteiger partial charge in [0.25, 0.3) is 0 Å². The molecule has 0 saturated heterocycles. The molecule has 0 amide bonds. The van der Waals surface area contributed by atoms with E-state index in [-0.39, 0.29) is 17.4 Å². The second-order valence-electron chi connectivity index (χ2n) is 7.77. The molecule has 32 heavy (non-hydrogen) atoms. The van der Waals surface area contributed by atoms with Crippen LogP contribution in [0.2, 0.25) is 0 Å². The topological polar surface area (TPSA) is 80.7 Å². The molecular weight excluding hydrogens is 411 g/mol. The predicted octanol–water partition coefficient (Wildman–Crippen LogP) is 5.45. The van der Waals surface area contributed by atoms with Crippen molar-refractivity contribution in [1.82, 2.24) is 4.98 Å². The smallest absolute Gasteiger partial charge is 0.335 e. The zero-order valence-corrected chi connectivity index (χ0v) is 17.8. The first-order chi connectivity index (χ1) is 15.6. The lowest BCUT2D eigenvalue weighted by molar-refractivity contribution is 0.0697. The number of ether oxygens (including phenoxy) is 2. The largest absolute Gasteiger partial charge is 0.493 e. The third kappa shape index (κ3) is 4.66. The third-order valence-corrected chi connectivity index (χ3v) is 5.67. The zero-order chi connectivity index (χ0) is 22.5. The number of halogens is 1. The first-order valence-corrected chi connectivity index (χ1v) is 10.6. The quantitative estimate of drug-likeness (QED) is 0.489. The number of benzene rings is 2. The molecule has 7 heteroatoms. The number of anilines is 1. The Labute approximate surface area is 186 Å². The summed E-state index contributed by atoms with van der Waals surface area (Å²) in [5.41, 5.74) is 1.97. The minimum absolute atomic E-state index is 0.0259. The molecule has 0 spiro atoms. The number of nitrogens with one attached hydrogen (secondary N) is 1. The molecule has 2 N–H and O–H groups in total. The molecule has 1 aromatic heterocycles. The SMILES string of the molecule is COc1ccc(C(Nc2ccc(C(=O)O)cc2)c2cccnc2)c(F)c1OC1CCCC1. The van der Waals surface area contributed by atoms with Gasteiger partial charge in [-0.05, 0) is 73.7 Å². The van der Waals surface area contributed by atoms with Crippen molar-refractivity contribution < 1.29 is 23.8 Å². The Kier molecular flexibility index (Phi) is 6.54. The lowest BCUT2D eigenvalue weighted by atomic mass is 9.98. The van der Waals surface area contributed by atoms with E-state index in [0.29, 0.717) is 17.0 Å². The molecule has 1 fully saturated rings. The molecular formula is C25H25FN2O4. The third-order valence-electron chi connectivity index (χ3n) is 5.67. The van der Waals surface area contributed by atoms with Crippen LogP contribution in [0.15, 0.2) is 60.9 Å². The fourth-order valence-corrected chi connectivity index (χ4v) is 3.98. The maximum absolute atomic E-state index is 15.8. The summed E-state index contributed by atoms with van der Waals surface area (Å²) in [6.07, 6.45) is 7.23. The summed E-state index contributed by atoms with van der Waals surface area (Å²) in [4.78, 5) is 15.3. The highest BCUT2D eigenvalue weighted by Crippen LogP contribution is 2.39. The number of hydrogen-bond acceptors (Lipinski definition) is 5. The Morgan fingerprint density at radius 1 is 1.16 bits per heavy atom. The summed E-state index contributed by atoms with van der Waals surface area (Å²) < 4.78 is 27.3. The van der Waals surface area contributed by atoms with Crippen LogP contribution in [0.25, 0.3) is 0 Å². The van der Waals surface area contributed by atoms with Crippen LogP contribution >= 0.6 is 0 Å². The van der Waals surface area contributed by atoms with E-state index in [9.17, 15) is 4.79 Å². The first kappa shape index (κ1) is 21.6. The van der Waals surface area contributed by atoms with Crippen LogP contribution in [0.4, 0.5) is 10.1 Å². The Bertz CT molecular complexity index is 1070. The number of carboxylic acids is 1. The van der Waals surface area contributed by atoms with E-state index in [2.05, 4.69) is 10.3 Å². The fourth-order valence-electron chi connectivity index (χ4n) is 3.98. The maximum Gasteiger partial charge on any atom is 0.335 e. The van der Waals surface area contributed by atoms with Crippen molar-refractivity contribution in [3.05, 3.63) is 83.4 Å². The van der Waals surface area contributed by atoms with Gasteiger partial charge in [0.05, 0.1) is 24.8 Å². The number of methoxy groups -OCH3 is 1. The lowest BCUT2D eigenvalue weighted by Gasteiger charge is -2.24. The molecule has 1 atom stereocenters. The van der Waals surface area contributed by atoms with Gasteiger partial charge in [0.15, 0.2) is 17.3 Å². The van der Waals surface area contributed by atoms with E-state index in [1.165, 1.54) is 19.2 Å². The van der Waals surface area contributed by atoms with Gasteiger partial charge in [0.2, 0.25) is 0 Å². The molecule has 1 unspecified atom stereocenters.